The number of benzene rings is 1. The highest BCUT2D eigenvalue weighted by atomic mass is 16.5. The number of rotatable bonds is 6. The van der Waals surface area contributed by atoms with E-state index in [2.05, 4.69) is 5.32 Å². The van der Waals surface area contributed by atoms with E-state index in [4.69, 9.17) is 9.47 Å². The van der Waals surface area contributed by atoms with Gasteiger partial charge in [0.2, 0.25) is 5.91 Å². The van der Waals surface area contributed by atoms with Crippen molar-refractivity contribution in [1.82, 2.24) is 5.32 Å². The van der Waals surface area contributed by atoms with Crippen LogP contribution in [0.5, 0.6) is 5.75 Å². The summed E-state index contributed by atoms with van der Waals surface area (Å²) in [7, 11) is 0. The minimum atomic E-state index is 0.0621. The summed E-state index contributed by atoms with van der Waals surface area (Å²) in [6.45, 7) is 1.24. The van der Waals surface area contributed by atoms with E-state index in [0.717, 1.165) is 31.4 Å². The Morgan fingerprint density at radius 2 is 2.00 bits per heavy atom. The fourth-order valence-corrected chi connectivity index (χ4v) is 3.72. The van der Waals surface area contributed by atoms with Gasteiger partial charge in [-0.05, 0) is 37.8 Å². The van der Waals surface area contributed by atoms with Crippen LogP contribution >= 0.6 is 0 Å². The molecule has 1 saturated heterocycles. The average Bonchev–Trinajstić information content (AvgIpc) is 2.95. The Balaban J connectivity index is 1.32. The van der Waals surface area contributed by atoms with Crippen LogP contribution in [0.1, 0.15) is 51.4 Å². The zero-order valence-corrected chi connectivity index (χ0v) is 13.8. The van der Waals surface area contributed by atoms with Crippen molar-refractivity contribution in [1.29, 1.82) is 0 Å². The van der Waals surface area contributed by atoms with E-state index in [-0.39, 0.29) is 17.6 Å². The molecule has 1 aliphatic carbocycles. The molecule has 2 fully saturated rings. The Kier molecular flexibility index (Phi) is 5.55. The van der Waals surface area contributed by atoms with Crippen LogP contribution in [-0.4, -0.2) is 30.8 Å². The Hall–Kier alpha value is -1.55. The van der Waals surface area contributed by atoms with Gasteiger partial charge in [-0.1, -0.05) is 37.5 Å². The van der Waals surface area contributed by atoms with Crippen molar-refractivity contribution in [3.05, 3.63) is 30.3 Å². The lowest BCUT2D eigenvalue weighted by atomic mass is 9.82. The first kappa shape index (κ1) is 16.3. The summed E-state index contributed by atoms with van der Waals surface area (Å²) in [6.07, 6.45) is 8.39. The third kappa shape index (κ3) is 4.71. The van der Waals surface area contributed by atoms with Gasteiger partial charge in [0.1, 0.15) is 5.75 Å². The lowest BCUT2D eigenvalue weighted by Crippen LogP contribution is -2.37. The molecule has 1 aliphatic heterocycles. The minimum Gasteiger partial charge on any atom is -0.494 e. The second-order valence-electron chi connectivity index (χ2n) is 6.79. The molecule has 0 radical (unpaired) electrons. The molecule has 0 bridgehead atoms. The quantitative estimate of drug-likeness (QED) is 0.818. The molecule has 23 heavy (non-hydrogen) atoms. The zero-order valence-electron chi connectivity index (χ0n) is 13.8. The maximum Gasteiger partial charge on any atom is 0.220 e. The average molecular weight is 317 g/mol. The number of nitrogens with one attached hydrogen (secondary N) is 1. The molecule has 4 nitrogen and oxygen atoms in total. The summed E-state index contributed by atoms with van der Waals surface area (Å²) in [5, 5.41) is 3.13. The van der Waals surface area contributed by atoms with E-state index < -0.39 is 0 Å². The first-order valence-corrected chi connectivity index (χ1v) is 8.87. The van der Waals surface area contributed by atoms with Crippen molar-refractivity contribution in [3.8, 4) is 5.75 Å². The summed E-state index contributed by atoms with van der Waals surface area (Å²) in [6, 6.07) is 9.91. The second kappa shape index (κ2) is 7.82. The lowest BCUT2D eigenvalue weighted by molar-refractivity contribution is -0.122. The van der Waals surface area contributed by atoms with Crippen LogP contribution < -0.4 is 10.1 Å². The second-order valence-corrected chi connectivity index (χ2v) is 6.79. The summed E-state index contributed by atoms with van der Waals surface area (Å²) >= 11 is 0. The number of carbonyl (C=O) groups excluding carboxylic acids is 1. The topological polar surface area (TPSA) is 47.6 Å². The van der Waals surface area contributed by atoms with Crippen LogP contribution in [0.25, 0.3) is 0 Å². The van der Waals surface area contributed by atoms with Gasteiger partial charge >= 0.3 is 0 Å². The highest BCUT2D eigenvalue weighted by molar-refractivity contribution is 5.76. The molecule has 1 saturated carbocycles. The fourth-order valence-electron chi connectivity index (χ4n) is 3.72. The number of ether oxygens (including phenoxy) is 2. The first-order valence-electron chi connectivity index (χ1n) is 8.87. The van der Waals surface area contributed by atoms with Crippen LogP contribution in [0.2, 0.25) is 0 Å². The summed E-state index contributed by atoms with van der Waals surface area (Å²) in [5.74, 6) is 0.972. The van der Waals surface area contributed by atoms with Gasteiger partial charge in [0, 0.05) is 6.42 Å². The maximum absolute atomic E-state index is 12.1. The molecule has 126 valence electrons. The fraction of sp³-hybridized carbons (Fsp3) is 0.632. The molecule has 0 aromatic heterocycles. The third-order valence-corrected chi connectivity index (χ3v) is 4.90. The van der Waals surface area contributed by atoms with Crippen molar-refractivity contribution >= 4 is 5.91 Å². The van der Waals surface area contributed by atoms with E-state index in [0.29, 0.717) is 19.6 Å². The lowest BCUT2D eigenvalue weighted by Gasteiger charge is -2.32. The molecule has 3 rings (SSSR count). The molecule has 0 unspecified atom stereocenters. The van der Waals surface area contributed by atoms with Crippen molar-refractivity contribution in [2.45, 2.75) is 63.0 Å². The zero-order chi connectivity index (χ0) is 16.0. The molecule has 4 heteroatoms. The largest absolute Gasteiger partial charge is 0.494 e. The summed E-state index contributed by atoms with van der Waals surface area (Å²) in [4.78, 5) is 12.1. The van der Waals surface area contributed by atoms with E-state index >= 15 is 0 Å². The normalized spacial score (nSPS) is 22.9. The summed E-state index contributed by atoms with van der Waals surface area (Å²) < 4.78 is 11.7. The molecule has 1 aromatic rings. The highest BCUT2D eigenvalue weighted by Crippen LogP contribution is 2.39. The van der Waals surface area contributed by atoms with Crippen LogP contribution in [0, 0.1) is 0 Å². The van der Waals surface area contributed by atoms with Crippen molar-refractivity contribution in [3.63, 3.8) is 0 Å². The molecule has 2 aliphatic rings. The van der Waals surface area contributed by atoms with Crippen LogP contribution in [-0.2, 0) is 9.53 Å². The molecule has 1 heterocycles. The summed E-state index contributed by atoms with van der Waals surface area (Å²) in [5.41, 5.74) is 0.0621. The van der Waals surface area contributed by atoms with Crippen LogP contribution in [0.3, 0.4) is 0 Å². The molecule has 1 atom stereocenters. The van der Waals surface area contributed by atoms with E-state index in [1.54, 1.807) is 0 Å². The Morgan fingerprint density at radius 3 is 2.78 bits per heavy atom. The van der Waals surface area contributed by atoms with Gasteiger partial charge in [-0.3, -0.25) is 4.79 Å². The minimum absolute atomic E-state index is 0.0621. The molecule has 1 spiro atoms. The van der Waals surface area contributed by atoms with Gasteiger partial charge in [0.05, 0.1) is 24.9 Å². The Labute approximate surface area is 138 Å². The first-order chi connectivity index (χ1) is 11.3. The monoisotopic (exact) mass is 317 g/mol. The maximum atomic E-state index is 12.1. The molecule has 1 amide bonds. The van der Waals surface area contributed by atoms with E-state index in [1.807, 2.05) is 30.3 Å². The smallest absolute Gasteiger partial charge is 0.220 e. The van der Waals surface area contributed by atoms with Gasteiger partial charge < -0.3 is 14.8 Å². The van der Waals surface area contributed by atoms with Crippen molar-refractivity contribution in [2.75, 3.05) is 13.2 Å². The number of hydrogen-bond donors (Lipinski definition) is 1. The van der Waals surface area contributed by atoms with Crippen molar-refractivity contribution < 1.29 is 14.3 Å². The van der Waals surface area contributed by atoms with Gasteiger partial charge in [0.15, 0.2) is 0 Å². The highest BCUT2D eigenvalue weighted by Gasteiger charge is 2.41. The molecule has 1 aromatic carbocycles. The van der Waals surface area contributed by atoms with Crippen molar-refractivity contribution in [2.24, 2.45) is 0 Å². The number of carbonyl (C=O) groups is 1. The SMILES string of the molecule is O=C(CCCOc1ccccc1)N[C@H]1COC2(CCCCC2)C1. The van der Waals surface area contributed by atoms with Gasteiger partial charge in [-0.25, -0.2) is 0 Å². The van der Waals surface area contributed by atoms with Gasteiger partial charge in [-0.2, -0.15) is 0 Å². The predicted octanol–water partition coefficient (Wildman–Crippen LogP) is 3.45. The number of amides is 1. The van der Waals surface area contributed by atoms with Gasteiger partial charge in [0.25, 0.3) is 0 Å². The molecular formula is C19H27NO3. The molecular weight excluding hydrogens is 290 g/mol. The predicted molar refractivity (Wildman–Crippen MR) is 89.5 cm³/mol. The van der Waals surface area contributed by atoms with E-state index in [1.165, 1.54) is 19.3 Å². The van der Waals surface area contributed by atoms with Crippen LogP contribution in [0.4, 0.5) is 0 Å². The number of para-hydroxylation sites is 1. The van der Waals surface area contributed by atoms with Gasteiger partial charge in [-0.15, -0.1) is 0 Å². The standard InChI is InChI=1S/C19H27NO3/c21-18(10-7-13-22-17-8-3-1-4-9-17)20-16-14-19(23-15-16)11-5-2-6-12-19/h1,3-4,8-9,16H,2,5-7,10-15H2,(H,20,21)/t16-/m1/s1. The Bertz CT molecular complexity index is 497. The van der Waals surface area contributed by atoms with E-state index in [9.17, 15) is 4.79 Å². The molecule has 1 N–H and O–H groups in total. The Morgan fingerprint density at radius 1 is 1.22 bits per heavy atom. The number of hydrogen-bond acceptors (Lipinski definition) is 3. The third-order valence-electron chi connectivity index (χ3n) is 4.90. The van der Waals surface area contributed by atoms with Crippen LogP contribution in [0.15, 0.2) is 30.3 Å².